The maximum Gasteiger partial charge on any atom is 0.315 e. The SMILES string of the molecule is CC(C)C[C@H](NC(=O)[C@@H](N)CCCCN=[N+]=[N-])C(=O)C[C@@H](CC(=O)O)C(=O)N[C@H](C(=O)C[C@@H](C)C(=O)NCC(=O)C[C@@H](CCC(N)=O)C(=O)N[C@@H](CCC(=O)O)C(=O)C[C@@H](CCC(=O)O)C(=O)N[C@@H](Cc1ccc(O)cc1)C(=O)C[C@@H](CO)C(=O)NCCOCCOCCOCCOCCOCCC(=O)CCCNC(=O)CCCC[C@@H]1SC[C@@H]2NC(=O)N[C@@H]21)[C@@H](C)O. The molecule has 0 spiro atoms. The van der Waals surface area contributed by atoms with Crippen LogP contribution < -0.4 is 59.3 Å². The molecule has 1 aromatic carbocycles. The Morgan fingerprint density at radius 3 is 1.69 bits per heavy atom. The Kier molecular flexibility index (Phi) is 55.0. The maximum absolute atomic E-state index is 14.4. The third kappa shape index (κ3) is 48.0. The van der Waals surface area contributed by atoms with Gasteiger partial charge in [-0.05, 0) is 100 Å². The predicted octanol–water partition coefficient (Wildman–Crippen LogP) is 0.364. The molecule has 0 radical (unpaired) electrons. The van der Waals surface area contributed by atoms with E-state index >= 15 is 0 Å². The summed E-state index contributed by atoms with van der Waals surface area (Å²) in [6.45, 7) is 6.81. The van der Waals surface area contributed by atoms with Gasteiger partial charge in [0.05, 0.1) is 140 Å². The highest BCUT2D eigenvalue weighted by atomic mass is 32.2. The van der Waals surface area contributed by atoms with E-state index in [0.717, 1.165) is 31.9 Å². The summed E-state index contributed by atoms with van der Waals surface area (Å²) in [7, 11) is 0. The number of aliphatic hydroxyl groups is 2. The van der Waals surface area contributed by atoms with Gasteiger partial charge in [-0.1, -0.05) is 50.9 Å². The molecular weight excluding hydrogens is 1690 g/mol. The minimum atomic E-state index is -1.78. The number of nitrogens with one attached hydrogen (secondary N) is 9. The van der Waals surface area contributed by atoms with Crippen LogP contribution in [-0.4, -0.2) is 295 Å². The highest BCUT2D eigenvalue weighted by Gasteiger charge is 2.43. The van der Waals surface area contributed by atoms with Crippen molar-refractivity contribution in [1.82, 2.24) is 47.9 Å². The quantitative estimate of drug-likeness (QED) is 0.0138. The van der Waals surface area contributed by atoms with Crippen LogP contribution in [0, 0.1) is 35.5 Å². The van der Waals surface area contributed by atoms with Gasteiger partial charge in [0.25, 0.3) is 0 Å². The normalized spacial score (nSPS) is 16.5. The fraction of sp³-hybridized carbons (Fsp3) is 0.711. The first kappa shape index (κ1) is 111. The van der Waals surface area contributed by atoms with Crippen LogP contribution in [-0.2, 0) is 112 Å². The standard InChI is InChI=1S/C83H130N14O29S/c1-49(2)38-62(93-82(120)60(84)11-7-8-26-90-97-86)66(104)43-55(45-74(113)114)81(119)95-75(51(4)99)68(106)39-50(3)77(115)89-46-59(102)41-53(16-21-70(85)107)79(117)91-61(20-23-73(111)112)65(103)42-54(17-22-72(109)110)80(118)92-63(40-52-14-18-58(101)19-15-52)67(105)44-56(47-98)78(116)88-27-29-123-31-33-125-35-37-126-36-34-124-32-30-122-28-24-57(100)10-9-25-87-71(108)13-6-5-12-69-76-64(48-127-69)94-83(121)96-76/h14-15,18-19,49-51,53-56,60-64,69,75-76,98-99,101H,5-13,16-17,20-48,84H2,1-4H3,(H2,85,107)(H,87,108)(H,88,116)(H,89,115)(H,91,117)(H,92,118)(H,93,120)(H,95,119)(H,109,110)(H,111,112)(H,113,114)(H2,94,96,121)/t50-,51-,53-,54-,55+,56+,60+,61+,62+,63+,64+,69+,75+,76+/m1/s1. The van der Waals surface area contributed by atoms with Crippen LogP contribution in [0.25, 0.3) is 10.4 Å². The largest absolute Gasteiger partial charge is 0.508 e. The molecule has 127 heavy (non-hydrogen) atoms. The maximum atomic E-state index is 14.4. The topological polar surface area (TPSA) is 684 Å². The van der Waals surface area contributed by atoms with Gasteiger partial charge in [-0.15, -0.1) is 0 Å². The number of aromatic hydroxyl groups is 1. The third-order valence-electron chi connectivity index (χ3n) is 20.8. The number of amides is 10. The summed E-state index contributed by atoms with van der Waals surface area (Å²) in [6, 6.07) is -1.79. The number of ketones is 6. The summed E-state index contributed by atoms with van der Waals surface area (Å²) in [5.41, 5.74) is 20.3. The lowest BCUT2D eigenvalue weighted by atomic mass is 9.89. The lowest BCUT2D eigenvalue weighted by Crippen LogP contribution is -2.52. The Morgan fingerprint density at radius 1 is 0.535 bits per heavy atom. The number of carboxylic acid groups (broad SMARTS) is 3. The zero-order valence-electron chi connectivity index (χ0n) is 72.7. The number of fused-ring (bicyclic) bond motifs is 1. The predicted molar refractivity (Wildman–Crippen MR) is 455 cm³/mol. The molecule has 43 nitrogen and oxygen atoms in total. The van der Waals surface area contributed by atoms with E-state index in [1.807, 2.05) is 11.8 Å². The molecule has 0 saturated carbocycles. The number of aliphatic carboxylic acids is 3. The number of phenols is 1. The summed E-state index contributed by atoms with van der Waals surface area (Å²) in [5, 5.41) is 87.5. The molecule has 0 aliphatic carbocycles. The van der Waals surface area contributed by atoms with E-state index in [0.29, 0.717) is 56.1 Å². The number of carbonyl (C=O) groups excluding carboxylic acids is 15. The molecule has 14 atom stereocenters. The van der Waals surface area contributed by atoms with Gasteiger partial charge in [0, 0.05) is 124 Å². The van der Waals surface area contributed by atoms with Crippen molar-refractivity contribution < 1.29 is 141 Å². The molecule has 1 aromatic rings. The van der Waals surface area contributed by atoms with E-state index in [-0.39, 0.29) is 140 Å². The van der Waals surface area contributed by atoms with Crippen LogP contribution in [0.5, 0.6) is 5.75 Å². The van der Waals surface area contributed by atoms with Crippen LogP contribution in [0.2, 0.25) is 0 Å². The molecule has 712 valence electrons. The van der Waals surface area contributed by atoms with E-state index < -0.39 is 244 Å². The Balaban J connectivity index is 1.51. The first-order valence-electron chi connectivity index (χ1n) is 42.9. The number of hydrogen-bond acceptors (Lipinski definition) is 29. The number of rotatable bonds is 75. The van der Waals surface area contributed by atoms with Crippen molar-refractivity contribution in [2.75, 3.05) is 105 Å². The zero-order valence-corrected chi connectivity index (χ0v) is 73.5. The average Bonchev–Trinajstić information content (AvgIpc) is 1.68. The smallest absolute Gasteiger partial charge is 0.315 e. The number of phenolic OH excluding ortho intramolecular Hbond substituents is 1. The van der Waals surface area contributed by atoms with Gasteiger partial charge >= 0.3 is 23.9 Å². The van der Waals surface area contributed by atoms with Gasteiger partial charge in [-0.25, -0.2) is 4.79 Å². The monoisotopic (exact) mass is 1820 g/mol. The molecule has 0 bridgehead atoms. The van der Waals surface area contributed by atoms with E-state index in [1.54, 1.807) is 13.8 Å². The summed E-state index contributed by atoms with van der Waals surface area (Å²) < 4.78 is 27.6. The molecule has 10 amide bonds. The van der Waals surface area contributed by atoms with Crippen molar-refractivity contribution in [2.24, 2.45) is 52.1 Å². The van der Waals surface area contributed by atoms with Crippen LogP contribution in [0.1, 0.15) is 181 Å². The second kappa shape index (κ2) is 62.9. The number of azide groups is 1. The number of primary amides is 1. The Bertz CT molecular complexity index is 3800. The zero-order chi connectivity index (χ0) is 94.3. The third-order valence-corrected chi connectivity index (χ3v) is 22.3. The number of benzene rings is 1. The molecular formula is C83H130N14O29S. The summed E-state index contributed by atoms with van der Waals surface area (Å²) >= 11 is 1.85. The van der Waals surface area contributed by atoms with Crippen LogP contribution in [0.4, 0.5) is 4.79 Å². The molecule has 2 saturated heterocycles. The number of Topliss-reactive ketones (excluding diaryl/α,β-unsaturated/α-hetero) is 6. The first-order valence-corrected chi connectivity index (χ1v) is 44.0. The van der Waals surface area contributed by atoms with Gasteiger partial charge in [-0.2, -0.15) is 11.8 Å². The van der Waals surface area contributed by atoms with Gasteiger partial charge in [0.1, 0.15) is 17.6 Å². The fourth-order valence-corrected chi connectivity index (χ4v) is 15.2. The van der Waals surface area contributed by atoms with E-state index in [4.69, 9.17) is 40.7 Å². The molecule has 2 aliphatic rings. The number of thioether (sulfide) groups is 1. The molecule has 2 aliphatic heterocycles. The van der Waals surface area contributed by atoms with Crippen molar-refractivity contribution in [1.29, 1.82) is 0 Å². The van der Waals surface area contributed by atoms with Crippen molar-refractivity contribution in [3.8, 4) is 5.75 Å². The van der Waals surface area contributed by atoms with Crippen LogP contribution in [0.15, 0.2) is 29.4 Å². The lowest BCUT2D eigenvalue weighted by molar-refractivity contribution is -0.143. The minimum absolute atomic E-state index is 0.0136. The molecule has 19 N–H and O–H groups in total. The van der Waals surface area contributed by atoms with E-state index in [2.05, 4.69) is 57.9 Å². The average molecular weight is 1820 g/mol. The number of ether oxygens (including phenoxy) is 5. The van der Waals surface area contributed by atoms with Crippen molar-refractivity contribution >= 4 is 118 Å². The Labute approximate surface area is 741 Å². The number of hydrogen-bond donors (Lipinski definition) is 17. The molecule has 2 heterocycles. The number of unbranched alkanes of at least 4 members (excludes halogenated alkanes) is 2. The second-order valence-corrected chi connectivity index (χ2v) is 33.2. The van der Waals surface area contributed by atoms with E-state index in [1.165, 1.54) is 31.2 Å². The first-order chi connectivity index (χ1) is 60.4. The van der Waals surface area contributed by atoms with Crippen molar-refractivity contribution in [2.45, 2.75) is 235 Å². The molecule has 2 fully saturated rings. The molecule has 0 unspecified atom stereocenters. The lowest BCUT2D eigenvalue weighted by Gasteiger charge is -2.26. The molecule has 3 rings (SSSR count). The number of carbonyl (C=O) groups is 18. The number of aliphatic hydroxyl groups excluding tert-OH is 2. The van der Waals surface area contributed by atoms with Crippen LogP contribution >= 0.6 is 11.8 Å². The Morgan fingerprint density at radius 2 is 1.09 bits per heavy atom. The molecule has 0 aromatic heterocycles. The van der Waals surface area contributed by atoms with Crippen LogP contribution in [0.3, 0.4) is 0 Å². The number of nitrogens with zero attached hydrogens (tertiary/aromatic N) is 3. The van der Waals surface area contributed by atoms with Gasteiger partial charge in [-0.3, -0.25) is 81.5 Å². The van der Waals surface area contributed by atoms with Gasteiger partial charge in [0.2, 0.25) is 47.3 Å². The highest BCUT2D eigenvalue weighted by molar-refractivity contribution is 8.00. The highest BCUT2D eigenvalue weighted by Crippen LogP contribution is 2.33. The van der Waals surface area contributed by atoms with E-state index in [9.17, 15) is 117 Å². The minimum Gasteiger partial charge on any atom is -0.508 e. The van der Waals surface area contributed by atoms with Gasteiger partial charge in [0.15, 0.2) is 28.9 Å². The summed E-state index contributed by atoms with van der Waals surface area (Å²) in [4.78, 5) is 239. The van der Waals surface area contributed by atoms with Crippen molar-refractivity contribution in [3.63, 3.8) is 0 Å². The van der Waals surface area contributed by atoms with Gasteiger partial charge < -0.3 is 114 Å². The summed E-state index contributed by atoms with van der Waals surface area (Å²) in [6.07, 6.45) is -5.23. The molecule has 44 heteroatoms. The summed E-state index contributed by atoms with van der Waals surface area (Å²) in [5.74, 6) is -22.5. The number of carboxylic acids is 3. The van der Waals surface area contributed by atoms with Crippen molar-refractivity contribution in [3.05, 3.63) is 40.3 Å². The second-order valence-electron chi connectivity index (χ2n) is 31.9. The fourth-order valence-electron chi connectivity index (χ4n) is 13.7. The number of nitrogens with two attached hydrogens (primary N) is 2. The number of urea groups is 1. The Hall–Kier alpha value is -10.2.